The van der Waals surface area contributed by atoms with Crippen molar-refractivity contribution in [2.24, 2.45) is 0 Å². The van der Waals surface area contributed by atoms with E-state index in [-0.39, 0.29) is 16.4 Å². The van der Waals surface area contributed by atoms with E-state index in [1.807, 2.05) is 21.8 Å². The zero-order valence-electron chi connectivity index (χ0n) is 17.4. The van der Waals surface area contributed by atoms with Crippen molar-refractivity contribution in [3.05, 3.63) is 23.5 Å². The third kappa shape index (κ3) is 3.60. The fourth-order valence-corrected chi connectivity index (χ4v) is 3.19. The van der Waals surface area contributed by atoms with Gasteiger partial charge >= 0.3 is 0 Å². The van der Waals surface area contributed by atoms with Crippen molar-refractivity contribution in [3.63, 3.8) is 0 Å². The zero-order chi connectivity index (χ0) is 19.3. The molecule has 0 amide bonds. The molecule has 0 atom stereocenters. The topological polar surface area (TPSA) is 54.1 Å². The Bertz CT molecular complexity index is 788. The summed E-state index contributed by atoms with van der Waals surface area (Å²) < 4.78 is 15.3. The van der Waals surface area contributed by atoms with Gasteiger partial charge in [-0.15, -0.1) is 0 Å². The highest BCUT2D eigenvalue weighted by molar-refractivity contribution is 5.33. The number of nitrogens with zero attached hydrogens (tertiary/aromatic N) is 4. The first kappa shape index (κ1) is 18.8. The molecule has 2 aromatic heterocycles. The van der Waals surface area contributed by atoms with E-state index in [4.69, 9.17) is 9.47 Å². The zero-order valence-corrected chi connectivity index (χ0v) is 17.4. The lowest BCUT2D eigenvalue weighted by Gasteiger charge is -2.20. The Balaban J connectivity index is 0.000000152. The fourth-order valence-electron chi connectivity index (χ4n) is 3.19. The minimum absolute atomic E-state index is 0.105. The standard InChI is InChI=1S/C11H18N2O.C9H14N2O/c1-10(2,3)8-6-12-13-7-11(4,5)14-9(8)13;1-9(2,3)7-6-10-11-4-5-12-8(7)11/h6H,7H2,1-5H3;6H,4-5H2,1-3H3. The summed E-state index contributed by atoms with van der Waals surface area (Å²) in [6.07, 6.45) is 3.83. The van der Waals surface area contributed by atoms with Gasteiger partial charge in [-0.05, 0) is 24.7 Å². The highest BCUT2D eigenvalue weighted by Crippen LogP contribution is 2.37. The maximum atomic E-state index is 5.89. The van der Waals surface area contributed by atoms with Crippen molar-refractivity contribution in [1.82, 2.24) is 19.6 Å². The number of ether oxygens (including phenoxy) is 2. The van der Waals surface area contributed by atoms with Gasteiger partial charge in [0.05, 0.1) is 25.5 Å². The second-order valence-electron chi connectivity index (χ2n) is 9.82. The van der Waals surface area contributed by atoms with Crippen LogP contribution in [0, 0.1) is 0 Å². The molecule has 0 spiro atoms. The molecule has 4 heterocycles. The second-order valence-corrected chi connectivity index (χ2v) is 9.82. The molecule has 2 aliphatic rings. The molecule has 0 bridgehead atoms. The first-order chi connectivity index (χ1) is 11.9. The van der Waals surface area contributed by atoms with Crippen LogP contribution in [-0.4, -0.2) is 31.8 Å². The Morgan fingerprint density at radius 1 is 0.885 bits per heavy atom. The largest absolute Gasteiger partial charge is 0.476 e. The molecule has 0 radical (unpaired) electrons. The average molecular weight is 361 g/mol. The summed E-state index contributed by atoms with van der Waals surface area (Å²) in [5, 5.41) is 8.61. The van der Waals surface area contributed by atoms with E-state index in [0.29, 0.717) is 0 Å². The summed E-state index contributed by atoms with van der Waals surface area (Å²) in [5.41, 5.74) is 2.54. The SMILES string of the molecule is CC(C)(C)c1cnn2c1OCC2.CC1(C)Cn2ncc(C(C)(C)C)c2O1. The number of fused-ring (bicyclic) bond motifs is 2. The number of hydrogen-bond donors (Lipinski definition) is 0. The summed E-state index contributed by atoms with van der Waals surface area (Å²) >= 11 is 0. The Morgan fingerprint density at radius 2 is 1.42 bits per heavy atom. The van der Waals surface area contributed by atoms with Gasteiger partial charge in [-0.1, -0.05) is 41.5 Å². The van der Waals surface area contributed by atoms with Crippen LogP contribution in [0.4, 0.5) is 0 Å². The van der Waals surface area contributed by atoms with Crippen molar-refractivity contribution < 1.29 is 9.47 Å². The monoisotopic (exact) mass is 360 g/mol. The molecule has 0 unspecified atom stereocenters. The maximum Gasteiger partial charge on any atom is 0.216 e. The molecule has 0 N–H and O–H groups in total. The molecule has 0 saturated carbocycles. The number of aromatic nitrogens is 4. The average Bonchev–Trinajstić information content (AvgIpc) is 3.13. The molecule has 2 aliphatic heterocycles. The van der Waals surface area contributed by atoms with Gasteiger partial charge in [-0.25, -0.2) is 9.36 Å². The van der Waals surface area contributed by atoms with Crippen LogP contribution >= 0.6 is 0 Å². The molecule has 0 aliphatic carbocycles. The van der Waals surface area contributed by atoms with E-state index in [2.05, 4.69) is 65.6 Å². The summed E-state index contributed by atoms with van der Waals surface area (Å²) in [6.45, 7) is 19.8. The first-order valence-corrected chi connectivity index (χ1v) is 9.33. The van der Waals surface area contributed by atoms with Crippen LogP contribution < -0.4 is 9.47 Å². The molecule has 2 aromatic rings. The van der Waals surface area contributed by atoms with Crippen molar-refractivity contribution in [2.45, 2.75) is 84.9 Å². The quantitative estimate of drug-likeness (QED) is 0.714. The Labute approximate surface area is 156 Å². The van der Waals surface area contributed by atoms with Crippen LogP contribution in [0.25, 0.3) is 0 Å². The van der Waals surface area contributed by atoms with Gasteiger partial charge < -0.3 is 9.47 Å². The van der Waals surface area contributed by atoms with Crippen LogP contribution in [0.2, 0.25) is 0 Å². The highest BCUT2D eigenvalue weighted by atomic mass is 16.5. The smallest absolute Gasteiger partial charge is 0.216 e. The van der Waals surface area contributed by atoms with Crippen LogP contribution in [0.3, 0.4) is 0 Å². The van der Waals surface area contributed by atoms with Crippen molar-refractivity contribution in [1.29, 1.82) is 0 Å². The first-order valence-electron chi connectivity index (χ1n) is 9.33. The molecule has 4 rings (SSSR count). The molecule has 144 valence electrons. The minimum Gasteiger partial charge on any atom is -0.476 e. The summed E-state index contributed by atoms with van der Waals surface area (Å²) in [5.74, 6) is 1.91. The van der Waals surface area contributed by atoms with Crippen LogP contribution in [0.1, 0.15) is 66.5 Å². The van der Waals surface area contributed by atoms with Crippen LogP contribution in [0.15, 0.2) is 12.4 Å². The van der Waals surface area contributed by atoms with E-state index in [1.54, 1.807) is 0 Å². The lowest BCUT2D eigenvalue weighted by atomic mass is 9.89. The van der Waals surface area contributed by atoms with E-state index in [0.717, 1.165) is 31.5 Å². The molecular formula is C20H32N4O2. The Kier molecular flexibility index (Phi) is 4.36. The van der Waals surface area contributed by atoms with Crippen molar-refractivity contribution in [2.75, 3.05) is 6.61 Å². The second kappa shape index (κ2) is 6.03. The van der Waals surface area contributed by atoms with E-state index < -0.39 is 0 Å². The summed E-state index contributed by atoms with van der Waals surface area (Å²) in [6, 6.07) is 0. The van der Waals surface area contributed by atoms with Gasteiger partial charge in [-0.2, -0.15) is 10.2 Å². The maximum absolute atomic E-state index is 5.89. The van der Waals surface area contributed by atoms with Gasteiger partial charge in [0, 0.05) is 11.1 Å². The van der Waals surface area contributed by atoms with E-state index in [1.165, 1.54) is 11.1 Å². The van der Waals surface area contributed by atoms with Gasteiger partial charge in [0.25, 0.3) is 0 Å². The lowest BCUT2D eigenvalue weighted by molar-refractivity contribution is 0.133. The van der Waals surface area contributed by atoms with Crippen molar-refractivity contribution >= 4 is 0 Å². The molecule has 6 nitrogen and oxygen atoms in total. The Morgan fingerprint density at radius 3 is 2.00 bits per heavy atom. The number of hydrogen-bond acceptors (Lipinski definition) is 4. The van der Waals surface area contributed by atoms with Gasteiger partial charge in [0.1, 0.15) is 12.2 Å². The van der Waals surface area contributed by atoms with Gasteiger partial charge in [0.15, 0.2) is 0 Å². The van der Waals surface area contributed by atoms with E-state index >= 15 is 0 Å². The predicted octanol–water partition coefficient (Wildman–Crippen LogP) is 3.92. The molecule has 26 heavy (non-hydrogen) atoms. The van der Waals surface area contributed by atoms with Gasteiger partial charge in [-0.3, -0.25) is 0 Å². The summed E-state index contributed by atoms with van der Waals surface area (Å²) in [4.78, 5) is 0. The third-order valence-corrected chi connectivity index (χ3v) is 4.64. The third-order valence-electron chi connectivity index (χ3n) is 4.64. The van der Waals surface area contributed by atoms with Crippen LogP contribution in [-0.2, 0) is 23.9 Å². The minimum atomic E-state index is -0.108. The van der Waals surface area contributed by atoms with E-state index in [9.17, 15) is 0 Å². The fraction of sp³-hybridized carbons (Fsp3) is 0.700. The normalized spacial score (nSPS) is 17.7. The van der Waals surface area contributed by atoms with Crippen LogP contribution in [0.5, 0.6) is 11.8 Å². The molecule has 0 aromatic carbocycles. The molecular weight excluding hydrogens is 328 g/mol. The lowest BCUT2D eigenvalue weighted by Crippen LogP contribution is -2.27. The predicted molar refractivity (Wildman–Crippen MR) is 102 cm³/mol. The Hall–Kier alpha value is -1.98. The summed E-state index contributed by atoms with van der Waals surface area (Å²) in [7, 11) is 0. The van der Waals surface area contributed by atoms with Gasteiger partial charge in [0.2, 0.25) is 11.8 Å². The molecule has 6 heteroatoms. The number of rotatable bonds is 0. The molecule has 0 saturated heterocycles. The molecule has 0 fully saturated rings. The van der Waals surface area contributed by atoms with Crippen molar-refractivity contribution in [3.8, 4) is 11.8 Å². The highest BCUT2D eigenvalue weighted by Gasteiger charge is 2.35.